The van der Waals surface area contributed by atoms with Gasteiger partial charge >= 0.3 is 0 Å². The molecule has 0 aliphatic carbocycles. The predicted molar refractivity (Wildman–Crippen MR) is 50.9 cm³/mol. The van der Waals surface area contributed by atoms with Crippen molar-refractivity contribution in [1.29, 1.82) is 0 Å². The fourth-order valence-electron chi connectivity index (χ4n) is 1.07. The lowest BCUT2D eigenvalue weighted by Crippen LogP contribution is -2.22. The maximum Gasteiger partial charge on any atom is 0.236 e. The van der Waals surface area contributed by atoms with E-state index in [2.05, 4.69) is 38.2 Å². The van der Waals surface area contributed by atoms with Gasteiger partial charge in [0.25, 0.3) is 0 Å². The van der Waals surface area contributed by atoms with Gasteiger partial charge in [0.1, 0.15) is 0 Å². The monoisotopic (exact) mass is 170 g/mol. The fourth-order valence-corrected chi connectivity index (χ4v) is 1.07. The van der Waals surface area contributed by atoms with Gasteiger partial charge in [0.15, 0.2) is 0 Å². The van der Waals surface area contributed by atoms with Crippen molar-refractivity contribution in [2.24, 2.45) is 16.9 Å². The lowest BCUT2D eigenvalue weighted by atomic mass is 9.98. The quantitative estimate of drug-likeness (QED) is 0.509. The number of hydrogen-bond acceptors (Lipinski definition) is 2. The van der Waals surface area contributed by atoms with E-state index in [1.807, 2.05) is 0 Å². The van der Waals surface area contributed by atoms with Crippen LogP contribution in [0.15, 0.2) is 5.10 Å². The second-order valence-electron chi connectivity index (χ2n) is 3.51. The van der Waals surface area contributed by atoms with Crippen LogP contribution in [0.25, 0.3) is 0 Å². The Morgan fingerprint density at radius 3 is 1.83 bits per heavy atom. The van der Waals surface area contributed by atoms with Crippen LogP contribution in [-0.4, -0.2) is 11.6 Å². The largest absolute Gasteiger partial charge is 0.274 e. The Morgan fingerprint density at radius 2 is 1.58 bits per heavy atom. The van der Waals surface area contributed by atoms with E-state index in [0.29, 0.717) is 11.8 Å². The Kier molecular flexibility index (Phi) is 4.55. The Labute approximate surface area is 74.2 Å². The van der Waals surface area contributed by atoms with Crippen LogP contribution >= 0.6 is 0 Å². The number of nitrogens with one attached hydrogen (secondary N) is 1. The summed E-state index contributed by atoms with van der Waals surface area (Å²) in [6.07, 6.45) is 0. The number of hydrogen-bond donors (Lipinski definition) is 1. The molecule has 0 bridgehead atoms. The summed E-state index contributed by atoms with van der Waals surface area (Å²) < 4.78 is 0. The summed E-state index contributed by atoms with van der Waals surface area (Å²) >= 11 is 0. The van der Waals surface area contributed by atoms with Crippen LogP contribution in [0.2, 0.25) is 0 Å². The molecule has 12 heavy (non-hydrogen) atoms. The van der Waals surface area contributed by atoms with E-state index in [4.69, 9.17) is 0 Å². The fraction of sp³-hybridized carbons (Fsp3) is 0.778. The van der Waals surface area contributed by atoms with Crippen LogP contribution in [0.5, 0.6) is 0 Å². The second kappa shape index (κ2) is 4.91. The molecule has 0 aliphatic heterocycles. The van der Waals surface area contributed by atoms with E-state index >= 15 is 0 Å². The van der Waals surface area contributed by atoms with Gasteiger partial charge in [-0.05, 0) is 11.8 Å². The van der Waals surface area contributed by atoms with Gasteiger partial charge < -0.3 is 0 Å². The smallest absolute Gasteiger partial charge is 0.236 e. The predicted octanol–water partition coefficient (Wildman–Crippen LogP) is 1.79. The molecule has 1 amide bonds. The number of carbonyl (C=O) groups is 1. The molecule has 0 rings (SSSR count). The van der Waals surface area contributed by atoms with Crippen LogP contribution in [-0.2, 0) is 4.79 Å². The lowest BCUT2D eigenvalue weighted by molar-refractivity contribution is -0.118. The molecule has 0 atom stereocenters. The van der Waals surface area contributed by atoms with Gasteiger partial charge in [-0.25, -0.2) is 5.43 Å². The van der Waals surface area contributed by atoms with Crippen molar-refractivity contribution in [2.75, 3.05) is 0 Å². The van der Waals surface area contributed by atoms with E-state index in [1.165, 1.54) is 6.92 Å². The van der Waals surface area contributed by atoms with Gasteiger partial charge in [-0.2, -0.15) is 5.10 Å². The molecule has 3 nitrogen and oxygen atoms in total. The first kappa shape index (κ1) is 11.1. The van der Waals surface area contributed by atoms with Crippen LogP contribution in [0.4, 0.5) is 0 Å². The summed E-state index contributed by atoms with van der Waals surface area (Å²) in [7, 11) is 0. The molecule has 0 fully saturated rings. The standard InChI is InChI=1S/C9H18N2O/c1-6(2)9(7(3)4)11-10-8(5)12/h6-7H,1-5H3,(H,10,12). The highest BCUT2D eigenvalue weighted by Gasteiger charge is 2.09. The van der Waals surface area contributed by atoms with Crippen molar-refractivity contribution in [1.82, 2.24) is 5.43 Å². The number of rotatable bonds is 3. The molecule has 0 aromatic carbocycles. The Hall–Kier alpha value is -0.860. The maximum atomic E-state index is 10.6. The summed E-state index contributed by atoms with van der Waals surface area (Å²) in [5, 5.41) is 4.04. The van der Waals surface area contributed by atoms with Crippen LogP contribution in [0, 0.1) is 11.8 Å². The van der Waals surface area contributed by atoms with E-state index in [0.717, 1.165) is 5.71 Å². The molecule has 0 unspecified atom stereocenters. The Morgan fingerprint density at radius 1 is 1.17 bits per heavy atom. The zero-order valence-corrected chi connectivity index (χ0v) is 8.51. The molecule has 0 heterocycles. The van der Waals surface area contributed by atoms with Crippen LogP contribution in [0.3, 0.4) is 0 Å². The normalized spacial score (nSPS) is 10.2. The molecule has 0 saturated carbocycles. The summed E-state index contributed by atoms with van der Waals surface area (Å²) in [5.41, 5.74) is 3.49. The molecule has 3 heteroatoms. The first-order valence-corrected chi connectivity index (χ1v) is 4.29. The van der Waals surface area contributed by atoms with E-state index in [1.54, 1.807) is 0 Å². The molecular weight excluding hydrogens is 152 g/mol. The first-order chi connectivity index (χ1) is 5.45. The van der Waals surface area contributed by atoms with E-state index in [-0.39, 0.29) is 5.91 Å². The summed E-state index contributed by atoms with van der Waals surface area (Å²) in [4.78, 5) is 10.6. The average molecular weight is 170 g/mol. The topological polar surface area (TPSA) is 41.5 Å². The number of carbonyl (C=O) groups excluding carboxylic acids is 1. The molecule has 70 valence electrons. The first-order valence-electron chi connectivity index (χ1n) is 4.29. The molecular formula is C9H18N2O. The Balaban J connectivity index is 4.29. The minimum absolute atomic E-state index is 0.117. The van der Waals surface area contributed by atoms with E-state index < -0.39 is 0 Å². The van der Waals surface area contributed by atoms with Crippen molar-refractivity contribution in [3.05, 3.63) is 0 Å². The zero-order chi connectivity index (χ0) is 9.72. The van der Waals surface area contributed by atoms with Gasteiger partial charge in [0.05, 0.1) is 0 Å². The van der Waals surface area contributed by atoms with Gasteiger partial charge in [-0.3, -0.25) is 4.79 Å². The lowest BCUT2D eigenvalue weighted by Gasteiger charge is -2.12. The SMILES string of the molecule is CC(=O)NN=C(C(C)C)C(C)C. The summed E-state index contributed by atoms with van der Waals surface area (Å²) in [5.74, 6) is 0.655. The molecule has 0 radical (unpaired) electrons. The van der Waals surface area contributed by atoms with Crippen molar-refractivity contribution in [2.45, 2.75) is 34.6 Å². The number of nitrogens with zero attached hydrogens (tertiary/aromatic N) is 1. The average Bonchev–Trinajstić information content (AvgIpc) is 1.84. The number of hydrazone groups is 1. The van der Waals surface area contributed by atoms with Crippen molar-refractivity contribution in [3.63, 3.8) is 0 Å². The molecule has 0 aliphatic rings. The summed E-state index contributed by atoms with van der Waals surface area (Å²) in [6.45, 7) is 9.74. The van der Waals surface area contributed by atoms with E-state index in [9.17, 15) is 4.79 Å². The van der Waals surface area contributed by atoms with Gasteiger partial charge in [0.2, 0.25) is 5.91 Å². The highest BCUT2D eigenvalue weighted by atomic mass is 16.2. The van der Waals surface area contributed by atoms with Crippen molar-refractivity contribution < 1.29 is 4.79 Å². The minimum Gasteiger partial charge on any atom is -0.274 e. The number of amides is 1. The minimum atomic E-state index is -0.117. The molecule has 0 spiro atoms. The molecule has 0 saturated heterocycles. The molecule has 0 aromatic heterocycles. The summed E-state index contributed by atoms with van der Waals surface area (Å²) in [6, 6.07) is 0. The third-order valence-corrected chi connectivity index (χ3v) is 1.53. The highest BCUT2D eigenvalue weighted by Crippen LogP contribution is 2.06. The molecule has 0 aromatic rings. The van der Waals surface area contributed by atoms with Gasteiger partial charge in [-0.15, -0.1) is 0 Å². The highest BCUT2D eigenvalue weighted by molar-refractivity contribution is 5.89. The van der Waals surface area contributed by atoms with Crippen molar-refractivity contribution in [3.8, 4) is 0 Å². The van der Waals surface area contributed by atoms with Crippen LogP contribution in [0.1, 0.15) is 34.6 Å². The zero-order valence-electron chi connectivity index (χ0n) is 8.51. The van der Waals surface area contributed by atoms with Crippen molar-refractivity contribution >= 4 is 11.6 Å². The second-order valence-corrected chi connectivity index (χ2v) is 3.51. The van der Waals surface area contributed by atoms with Gasteiger partial charge in [-0.1, -0.05) is 27.7 Å². The Bertz CT molecular complexity index is 173. The maximum absolute atomic E-state index is 10.6. The molecule has 1 N–H and O–H groups in total. The van der Waals surface area contributed by atoms with Crippen LogP contribution < -0.4 is 5.43 Å². The third kappa shape index (κ3) is 4.11. The third-order valence-electron chi connectivity index (χ3n) is 1.53. The van der Waals surface area contributed by atoms with Gasteiger partial charge in [0, 0.05) is 12.6 Å².